The Morgan fingerprint density at radius 3 is 2.91 bits per heavy atom. The zero-order chi connectivity index (χ0) is 7.94. The fourth-order valence-electron chi connectivity index (χ4n) is 1.65. The number of nitrogens with one attached hydrogen (secondary N) is 1. The first-order valence-corrected chi connectivity index (χ1v) is 4.82. The molecule has 1 aliphatic carbocycles. The number of hydrogen-bond acceptors (Lipinski definition) is 1. The van der Waals surface area contributed by atoms with Crippen molar-refractivity contribution in [3.63, 3.8) is 0 Å². The average molecular weight is 153 g/mol. The Bertz CT molecular complexity index is 118. The Balaban J connectivity index is 2.24. The van der Waals surface area contributed by atoms with Crippen LogP contribution >= 0.6 is 0 Å². The lowest BCUT2D eigenvalue weighted by Crippen LogP contribution is -2.28. The van der Waals surface area contributed by atoms with Crippen LogP contribution in [0.3, 0.4) is 0 Å². The van der Waals surface area contributed by atoms with Crippen molar-refractivity contribution in [2.75, 3.05) is 6.54 Å². The summed E-state index contributed by atoms with van der Waals surface area (Å²) in [7, 11) is 0. The standard InChI is InChI=1S/C10H19N/c1-2-11-10-8-6-4-3-5-7-9-10/h3-4,10-11H,2,5-9H2,1H3. The van der Waals surface area contributed by atoms with Gasteiger partial charge in [-0.1, -0.05) is 19.1 Å². The van der Waals surface area contributed by atoms with E-state index in [0.717, 1.165) is 12.6 Å². The molecule has 1 unspecified atom stereocenters. The molecule has 11 heavy (non-hydrogen) atoms. The van der Waals surface area contributed by atoms with Gasteiger partial charge in [-0.05, 0) is 38.6 Å². The molecule has 0 saturated carbocycles. The zero-order valence-corrected chi connectivity index (χ0v) is 7.47. The second-order valence-corrected chi connectivity index (χ2v) is 3.23. The molecule has 0 fully saturated rings. The number of hydrogen-bond donors (Lipinski definition) is 1. The van der Waals surface area contributed by atoms with Gasteiger partial charge in [-0.25, -0.2) is 0 Å². The number of rotatable bonds is 2. The molecule has 1 nitrogen and oxygen atoms in total. The topological polar surface area (TPSA) is 12.0 Å². The lowest BCUT2D eigenvalue weighted by Gasteiger charge is -2.17. The summed E-state index contributed by atoms with van der Waals surface area (Å²) in [5.74, 6) is 0. The Morgan fingerprint density at radius 1 is 1.27 bits per heavy atom. The van der Waals surface area contributed by atoms with Gasteiger partial charge in [-0.2, -0.15) is 0 Å². The van der Waals surface area contributed by atoms with Gasteiger partial charge in [-0.3, -0.25) is 0 Å². The van der Waals surface area contributed by atoms with Crippen LogP contribution in [-0.4, -0.2) is 12.6 Å². The van der Waals surface area contributed by atoms with Crippen LogP contribution in [0.5, 0.6) is 0 Å². The summed E-state index contributed by atoms with van der Waals surface area (Å²) in [5, 5.41) is 3.52. The molecule has 0 bridgehead atoms. The molecule has 0 aromatic carbocycles. The van der Waals surface area contributed by atoms with Gasteiger partial charge < -0.3 is 5.32 Å². The predicted molar refractivity (Wildman–Crippen MR) is 49.7 cm³/mol. The van der Waals surface area contributed by atoms with Gasteiger partial charge >= 0.3 is 0 Å². The summed E-state index contributed by atoms with van der Waals surface area (Å²) in [4.78, 5) is 0. The molecule has 0 aromatic heterocycles. The maximum atomic E-state index is 3.52. The Hall–Kier alpha value is -0.300. The monoisotopic (exact) mass is 153 g/mol. The van der Waals surface area contributed by atoms with Crippen molar-refractivity contribution in [1.82, 2.24) is 5.32 Å². The van der Waals surface area contributed by atoms with E-state index in [-0.39, 0.29) is 0 Å². The van der Waals surface area contributed by atoms with E-state index in [0.29, 0.717) is 0 Å². The SMILES string of the molecule is CCNC1CCC=CCCC1. The van der Waals surface area contributed by atoms with Crippen molar-refractivity contribution in [1.29, 1.82) is 0 Å². The first-order chi connectivity index (χ1) is 5.43. The molecule has 0 aliphatic heterocycles. The largest absolute Gasteiger partial charge is 0.314 e. The Morgan fingerprint density at radius 2 is 2.09 bits per heavy atom. The molecule has 0 saturated heterocycles. The van der Waals surface area contributed by atoms with Crippen LogP contribution in [0.4, 0.5) is 0 Å². The van der Waals surface area contributed by atoms with Gasteiger partial charge in [0.15, 0.2) is 0 Å². The maximum absolute atomic E-state index is 3.52. The summed E-state index contributed by atoms with van der Waals surface area (Å²) in [6.07, 6.45) is 11.2. The van der Waals surface area contributed by atoms with Crippen LogP contribution in [-0.2, 0) is 0 Å². The summed E-state index contributed by atoms with van der Waals surface area (Å²) in [5.41, 5.74) is 0. The van der Waals surface area contributed by atoms with Gasteiger partial charge in [0.05, 0.1) is 0 Å². The molecule has 1 N–H and O–H groups in total. The van der Waals surface area contributed by atoms with E-state index >= 15 is 0 Å². The lowest BCUT2D eigenvalue weighted by atomic mass is 10.0. The highest BCUT2D eigenvalue weighted by Gasteiger charge is 2.06. The molecule has 1 heteroatoms. The fourth-order valence-corrected chi connectivity index (χ4v) is 1.65. The Kier molecular flexibility index (Phi) is 4.29. The quantitative estimate of drug-likeness (QED) is 0.601. The molecule has 0 spiro atoms. The van der Waals surface area contributed by atoms with E-state index < -0.39 is 0 Å². The molecular weight excluding hydrogens is 134 g/mol. The normalized spacial score (nSPS) is 26.1. The smallest absolute Gasteiger partial charge is 0.00700 e. The van der Waals surface area contributed by atoms with Gasteiger partial charge in [-0.15, -0.1) is 0 Å². The van der Waals surface area contributed by atoms with Gasteiger partial charge in [0.1, 0.15) is 0 Å². The lowest BCUT2D eigenvalue weighted by molar-refractivity contribution is 0.450. The molecular formula is C10H19N. The summed E-state index contributed by atoms with van der Waals surface area (Å²) in [6.45, 7) is 3.31. The van der Waals surface area contributed by atoms with Crippen LogP contribution < -0.4 is 5.32 Å². The van der Waals surface area contributed by atoms with E-state index in [1.807, 2.05) is 0 Å². The highest BCUT2D eigenvalue weighted by atomic mass is 14.9. The predicted octanol–water partition coefficient (Wildman–Crippen LogP) is 2.48. The van der Waals surface area contributed by atoms with Gasteiger partial charge in [0, 0.05) is 6.04 Å². The molecule has 64 valence electrons. The average Bonchev–Trinajstić information content (AvgIpc) is 1.94. The zero-order valence-electron chi connectivity index (χ0n) is 7.47. The second kappa shape index (κ2) is 5.36. The van der Waals surface area contributed by atoms with Crippen molar-refractivity contribution >= 4 is 0 Å². The van der Waals surface area contributed by atoms with Crippen LogP contribution in [0.1, 0.15) is 39.0 Å². The van der Waals surface area contributed by atoms with Crippen molar-refractivity contribution in [2.24, 2.45) is 0 Å². The molecule has 1 atom stereocenters. The molecule has 0 heterocycles. The van der Waals surface area contributed by atoms with E-state index in [4.69, 9.17) is 0 Å². The van der Waals surface area contributed by atoms with Crippen LogP contribution in [0.15, 0.2) is 12.2 Å². The summed E-state index contributed by atoms with van der Waals surface area (Å²) >= 11 is 0. The van der Waals surface area contributed by atoms with Crippen molar-refractivity contribution < 1.29 is 0 Å². The molecule has 1 rings (SSSR count). The third-order valence-electron chi connectivity index (χ3n) is 2.26. The summed E-state index contributed by atoms with van der Waals surface area (Å²) in [6, 6.07) is 0.782. The minimum Gasteiger partial charge on any atom is -0.314 e. The van der Waals surface area contributed by atoms with Crippen LogP contribution in [0.25, 0.3) is 0 Å². The third kappa shape index (κ3) is 3.57. The fraction of sp³-hybridized carbons (Fsp3) is 0.800. The highest BCUT2D eigenvalue weighted by Crippen LogP contribution is 2.11. The first kappa shape index (κ1) is 8.79. The van der Waals surface area contributed by atoms with E-state index in [1.54, 1.807) is 0 Å². The van der Waals surface area contributed by atoms with E-state index in [2.05, 4.69) is 24.4 Å². The third-order valence-corrected chi connectivity index (χ3v) is 2.26. The second-order valence-electron chi connectivity index (χ2n) is 3.23. The van der Waals surface area contributed by atoms with Gasteiger partial charge in [0.25, 0.3) is 0 Å². The van der Waals surface area contributed by atoms with Crippen LogP contribution in [0, 0.1) is 0 Å². The molecule has 0 radical (unpaired) electrons. The number of allylic oxidation sites excluding steroid dienone is 2. The maximum Gasteiger partial charge on any atom is 0.00700 e. The van der Waals surface area contributed by atoms with E-state index in [9.17, 15) is 0 Å². The van der Waals surface area contributed by atoms with Crippen molar-refractivity contribution in [2.45, 2.75) is 45.1 Å². The minimum absolute atomic E-state index is 0.782. The minimum atomic E-state index is 0.782. The van der Waals surface area contributed by atoms with Crippen LogP contribution in [0.2, 0.25) is 0 Å². The first-order valence-electron chi connectivity index (χ1n) is 4.82. The van der Waals surface area contributed by atoms with Gasteiger partial charge in [0.2, 0.25) is 0 Å². The highest BCUT2D eigenvalue weighted by molar-refractivity contribution is 4.86. The molecule has 0 aromatic rings. The van der Waals surface area contributed by atoms with Crippen molar-refractivity contribution in [3.05, 3.63) is 12.2 Å². The Labute approximate surface area is 69.9 Å². The molecule has 1 aliphatic rings. The summed E-state index contributed by atoms with van der Waals surface area (Å²) < 4.78 is 0. The van der Waals surface area contributed by atoms with E-state index in [1.165, 1.54) is 32.1 Å². The van der Waals surface area contributed by atoms with Crippen molar-refractivity contribution in [3.8, 4) is 0 Å². The molecule has 0 amide bonds.